The molecule has 0 bridgehead atoms. The van der Waals surface area contributed by atoms with E-state index < -0.39 is 39.8 Å². The van der Waals surface area contributed by atoms with E-state index in [1.165, 1.54) is 16.7 Å². The van der Waals surface area contributed by atoms with E-state index >= 15 is 4.39 Å². The van der Waals surface area contributed by atoms with Crippen molar-refractivity contribution in [3.05, 3.63) is 69.1 Å². The van der Waals surface area contributed by atoms with Gasteiger partial charge in [0.05, 0.1) is 21.8 Å². The summed E-state index contributed by atoms with van der Waals surface area (Å²) in [6.45, 7) is 2.60. The van der Waals surface area contributed by atoms with Gasteiger partial charge in [-0.1, -0.05) is 17.8 Å². The second-order valence-corrected chi connectivity index (χ2v) is 8.97. The van der Waals surface area contributed by atoms with Gasteiger partial charge in [-0.3, -0.25) is 4.79 Å². The molecule has 10 heteroatoms. The quantitative estimate of drug-likeness (QED) is 0.644. The SMILES string of the molecule is CN1CCN(c2cc3c(cc2F)c(=O)c(C(=O)O)c2n3C(c3c(F)cccc3F)S2)CC1. The lowest BCUT2D eigenvalue weighted by Crippen LogP contribution is -2.44. The van der Waals surface area contributed by atoms with E-state index in [9.17, 15) is 23.5 Å². The lowest BCUT2D eigenvalue weighted by Gasteiger charge is -2.37. The van der Waals surface area contributed by atoms with Crippen LogP contribution in [0.1, 0.15) is 21.3 Å². The van der Waals surface area contributed by atoms with Crippen LogP contribution in [0.25, 0.3) is 10.9 Å². The number of anilines is 1. The first-order valence-corrected chi connectivity index (χ1v) is 10.8. The standard InChI is InChI=1S/C22H18F3N3O3S/c1-26-5-7-27(8-6-26)16-10-15-11(9-14(16)25)19(29)18(22(30)31)21-28(15)20(32-21)17-12(23)3-2-4-13(17)24/h2-4,9-10,20H,5-8H2,1H3,(H,30,31). The summed E-state index contributed by atoms with van der Waals surface area (Å²) in [6, 6.07) is 6.00. The number of carboxylic acids is 1. The normalized spacial score (nSPS) is 18.5. The first-order chi connectivity index (χ1) is 15.3. The number of piperazine rings is 1. The number of halogens is 3. The lowest BCUT2D eigenvalue weighted by atomic mass is 10.1. The summed E-state index contributed by atoms with van der Waals surface area (Å²) in [7, 11) is 1.97. The molecular formula is C22H18F3N3O3S. The molecule has 1 unspecified atom stereocenters. The number of hydrogen-bond acceptors (Lipinski definition) is 5. The molecule has 1 N–H and O–H groups in total. The van der Waals surface area contributed by atoms with Gasteiger partial charge in [-0.25, -0.2) is 18.0 Å². The van der Waals surface area contributed by atoms with Gasteiger partial charge in [0.15, 0.2) is 0 Å². The van der Waals surface area contributed by atoms with Gasteiger partial charge in [-0.15, -0.1) is 0 Å². The van der Waals surface area contributed by atoms with E-state index in [2.05, 4.69) is 4.90 Å². The van der Waals surface area contributed by atoms with Crippen molar-refractivity contribution in [3.63, 3.8) is 0 Å². The largest absolute Gasteiger partial charge is 0.477 e. The number of carbonyl (C=O) groups is 1. The Labute approximate surface area is 184 Å². The Balaban J connectivity index is 1.76. The summed E-state index contributed by atoms with van der Waals surface area (Å²) in [6.07, 6.45) is 0. The van der Waals surface area contributed by atoms with Crippen molar-refractivity contribution >= 4 is 34.3 Å². The molecule has 0 aliphatic carbocycles. The van der Waals surface area contributed by atoms with Gasteiger partial charge >= 0.3 is 5.97 Å². The second-order valence-electron chi connectivity index (χ2n) is 7.90. The highest BCUT2D eigenvalue weighted by molar-refractivity contribution is 8.00. The molecule has 166 valence electrons. The second kappa shape index (κ2) is 7.56. The highest BCUT2D eigenvalue weighted by Crippen LogP contribution is 2.51. The Hall–Kier alpha value is -2.98. The number of aromatic nitrogens is 1. The summed E-state index contributed by atoms with van der Waals surface area (Å²) in [5.41, 5.74) is -1.06. The highest BCUT2D eigenvalue weighted by atomic mass is 32.2. The molecule has 2 aliphatic rings. The molecule has 1 atom stereocenters. The molecule has 0 radical (unpaired) electrons. The average Bonchev–Trinajstić information content (AvgIpc) is 2.72. The number of aromatic carboxylic acids is 1. The van der Waals surface area contributed by atoms with Crippen LogP contribution in [-0.2, 0) is 0 Å². The molecular weight excluding hydrogens is 443 g/mol. The maximum absolute atomic E-state index is 15.0. The smallest absolute Gasteiger partial charge is 0.342 e. The molecule has 3 aromatic rings. The third-order valence-electron chi connectivity index (χ3n) is 5.99. The summed E-state index contributed by atoms with van der Waals surface area (Å²) in [5.74, 6) is -3.67. The Kier molecular flexibility index (Phi) is 4.94. The van der Waals surface area contributed by atoms with Crippen molar-refractivity contribution in [1.29, 1.82) is 0 Å². The van der Waals surface area contributed by atoms with Crippen LogP contribution >= 0.6 is 11.8 Å². The number of likely N-dealkylation sites (N-methyl/N-ethyl adjacent to an activating group) is 1. The first kappa shape index (κ1) is 20.9. The fourth-order valence-electron chi connectivity index (χ4n) is 4.26. The van der Waals surface area contributed by atoms with E-state index in [0.717, 1.165) is 43.1 Å². The fourth-order valence-corrected chi connectivity index (χ4v) is 5.60. The summed E-state index contributed by atoms with van der Waals surface area (Å²) in [5, 5.41) is 8.64. The highest BCUT2D eigenvalue weighted by Gasteiger charge is 2.39. The number of nitrogens with zero attached hydrogens (tertiary/aromatic N) is 3. The molecule has 2 aliphatic heterocycles. The zero-order chi connectivity index (χ0) is 22.7. The number of thioether (sulfide) groups is 1. The summed E-state index contributed by atoms with van der Waals surface area (Å²) in [4.78, 5) is 28.7. The molecule has 3 heterocycles. The molecule has 1 aromatic heterocycles. The van der Waals surface area contributed by atoms with Gasteiger partial charge in [0, 0.05) is 31.6 Å². The topological polar surface area (TPSA) is 65.8 Å². The maximum atomic E-state index is 15.0. The molecule has 0 saturated carbocycles. The van der Waals surface area contributed by atoms with Crippen molar-refractivity contribution in [2.75, 3.05) is 38.1 Å². The van der Waals surface area contributed by atoms with E-state index in [0.29, 0.717) is 13.1 Å². The molecule has 5 rings (SSSR count). The average molecular weight is 461 g/mol. The van der Waals surface area contributed by atoms with E-state index in [4.69, 9.17) is 0 Å². The van der Waals surface area contributed by atoms with Crippen LogP contribution in [0.2, 0.25) is 0 Å². The third kappa shape index (κ3) is 3.08. The lowest BCUT2D eigenvalue weighted by molar-refractivity contribution is 0.0689. The number of rotatable bonds is 3. The van der Waals surface area contributed by atoms with Crippen molar-refractivity contribution < 1.29 is 23.1 Å². The minimum absolute atomic E-state index is 0.0959. The van der Waals surface area contributed by atoms with Crippen molar-refractivity contribution in [2.24, 2.45) is 0 Å². The van der Waals surface area contributed by atoms with Crippen LogP contribution < -0.4 is 10.3 Å². The zero-order valence-corrected chi connectivity index (χ0v) is 17.8. The Morgan fingerprint density at radius 2 is 1.72 bits per heavy atom. The van der Waals surface area contributed by atoms with Gasteiger partial charge in [-0.2, -0.15) is 0 Å². The van der Waals surface area contributed by atoms with E-state index in [-0.39, 0.29) is 27.2 Å². The van der Waals surface area contributed by atoms with Crippen LogP contribution in [0.3, 0.4) is 0 Å². The van der Waals surface area contributed by atoms with Crippen LogP contribution in [-0.4, -0.2) is 53.8 Å². The number of fused-ring (bicyclic) bond motifs is 3. The Morgan fingerprint density at radius 3 is 2.34 bits per heavy atom. The Bertz CT molecular complexity index is 1320. The van der Waals surface area contributed by atoms with Gasteiger partial charge < -0.3 is 19.5 Å². The predicted molar refractivity (Wildman–Crippen MR) is 115 cm³/mol. The van der Waals surface area contributed by atoms with Crippen molar-refractivity contribution in [2.45, 2.75) is 10.4 Å². The number of hydrogen-bond donors (Lipinski definition) is 1. The monoisotopic (exact) mass is 461 g/mol. The summed E-state index contributed by atoms with van der Waals surface area (Å²) >= 11 is 0.899. The first-order valence-electron chi connectivity index (χ1n) is 9.97. The fraction of sp³-hybridized carbons (Fsp3) is 0.273. The van der Waals surface area contributed by atoms with Crippen LogP contribution in [0.5, 0.6) is 0 Å². The van der Waals surface area contributed by atoms with Gasteiger partial charge in [0.1, 0.15) is 28.4 Å². The van der Waals surface area contributed by atoms with Gasteiger partial charge in [-0.05, 0) is 31.3 Å². The number of pyridine rings is 1. The molecule has 0 spiro atoms. The van der Waals surface area contributed by atoms with Crippen LogP contribution in [0.4, 0.5) is 18.9 Å². The van der Waals surface area contributed by atoms with Gasteiger partial charge in [0.25, 0.3) is 0 Å². The molecule has 32 heavy (non-hydrogen) atoms. The van der Waals surface area contributed by atoms with Crippen LogP contribution in [0, 0.1) is 17.5 Å². The molecule has 1 fully saturated rings. The number of carboxylic acid groups (broad SMARTS) is 1. The van der Waals surface area contributed by atoms with E-state index in [1.54, 1.807) is 0 Å². The number of benzene rings is 2. The molecule has 0 amide bonds. The van der Waals surface area contributed by atoms with Crippen molar-refractivity contribution in [1.82, 2.24) is 9.47 Å². The van der Waals surface area contributed by atoms with Crippen LogP contribution in [0.15, 0.2) is 40.2 Å². The molecule has 1 saturated heterocycles. The van der Waals surface area contributed by atoms with Crippen molar-refractivity contribution in [3.8, 4) is 0 Å². The zero-order valence-electron chi connectivity index (χ0n) is 16.9. The molecule has 2 aromatic carbocycles. The van der Waals surface area contributed by atoms with E-state index in [1.807, 2.05) is 11.9 Å². The molecule has 6 nitrogen and oxygen atoms in total. The Morgan fingerprint density at radius 1 is 1.06 bits per heavy atom. The summed E-state index contributed by atoms with van der Waals surface area (Å²) < 4.78 is 45.5. The minimum atomic E-state index is -1.47. The predicted octanol–water partition coefficient (Wildman–Crippen LogP) is 3.52. The third-order valence-corrected chi connectivity index (χ3v) is 7.29. The minimum Gasteiger partial charge on any atom is -0.477 e. The van der Waals surface area contributed by atoms with Gasteiger partial charge in [0.2, 0.25) is 5.43 Å². The maximum Gasteiger partial charge on any atom is 0.342 e.